The minimum atomic E-state index is -1.15. The van der Waals surface area contributed by atoms with Crippen molar-refractivity contribution in [2.75, 3.05) is 68.6 Å². The number of rotatable bonds is 36. The Kier molecular flexibility index (Phi) is 35.1. The molecule has 6 heterocycles. The van der Waals surface area contributed by atoms with Crippen LogP contribution in [-0.2, 0) is 71.2 Å². The van der Waals surface area contributed by atoms with Gasteiger partial charge in [0.25, 0.3) is 0 Å². The van der Waals surface area contributed by atoms with E-state index in [-0.39, 0.29) is 78.3 Å². The molecule has 30 heteroatoms. The maximum atomic E-state index is 13.3. The number of amides is 2. The third-order valence-electron chi connectivity index (χ3n) is 22.6. The van der Waals surface area contributed by atoms with Gasteiger partial charge >= 0.3 is 24.1 Å². The van der Waals surface area contributed by atoms with Crippen LogP contribution in [0, 0.1) is 35.5 Å². The first-order chi connectivity index (χ1) is 49.6. The Bertz CT molecular complexity index is 3110. The van der Waals surface area contributed by atoms with E-state index in [1.54, 1.807) is 79.4 Å². The van der Waals surface area contributed by atoms with Crippen molar-refractivity contribution in [1.29, 1.82) is 0 Å². The van der Waals surface area contributed by atoms with Gasteiger partial charge in [0.05, 0.1) is 71.1 Å². The lowest BCUT2D eigenvalue weighted by molar-refractivity contribution is -0.285. The maximum Gasteiger partial charge on any atom is 0.410 e. The van der Waals surface area contributed by atoms with E-state index in [9.17, 15) is 34.2 Å². The summed E-state index contributed by atoms with van der Waals surface area (Å²) in [6.07, 6.45) is 1.95. The van der Waals surface area contributed by atoms with E-state index in [2.05, 4.69) is 92.7 Å². The van der Waals surface area contributed by atoms with Crippen LogP contribution in [-0.4, -0.2) is 242 Å². The Hall–Kier alpha value is -5.59. The minimum Gasteiger partial charge on any atom is -0.456 e. The van der Waals surface area contributed by atoms with Gasteiger partial charge in [0, 0.05) is 126 Å². The lowest BCUT2D eigenvalue weighted by Gasteiger charge is -2.48. The Morgan fingerprint density at radius 3 is 1.36 bits per heavy atom. The van der Waals surface area contributed by atoms with Gasteiger partial charge in [0.1, 0.15) is 17.3 Å². The molecule has 0 bridgehead atoms. The number of esters is 2. The zero-order valence-corrected chi connectivity index (χ0v) is 70.0. The molecule has 0 spiro atoms. The molecule has 0 saturated carbocycles. The number of Topliss-reactive ketones (excluding diaryl/α,β-unsaturated/α-hetero) is 1. The molecule has 23 atom stereocenters. The summed E-state index contributed by atoms with van der Waals surface area (Å²) >= 11 is 0. The number of nitrogens with two attached hydrogens (primary N) is 1. The van der Waals surface area contributed by atoms with Crippen molar-refractivity contribution < 1.29 is 91.0 Å². The number of carbonyl (C=O) groups is 5. The first-order valence-corrected chi connectivity index (χ1v) is 38.6. The van der Waals surface area contributed by atoms with Crippen LogP contribution < -0.4 is 5.73 Å². The molecule has 6 aliphatic heterocycles. The summed E-state index contributed by atoms with van der Waals surface area (Å²) in [5, 5.41) is 28.5. The van der Waals surface area contributed by atoms with Gasteiger partial charge in [-0.25, -0.2) is 19.2 Å². The highest BCUT2D eigenvalue weighted by atomic mass is 16.7. The van der Waals surface area contributed by atoms with Crippen LogP contribution in [0.25, 0.3) is 20.9 Å². The van der Waals surface area contributed by atoms with Crippen LogP contribution in [0.1, 0.15) is 223 Å². The number of azide groups is 2. The molecule has 0 radical (unpaired) electrons. The maximum absolute atomic E-state index is 13.3. The second-order valence-corrected chi connectivity index (χ2v) is 33.2. The van der Waals surface area contributed by atoms with E-state index in [1.165, 1.54) is 6.92 Å². The molecule has 4 saturated heterocycles. The SMILES string of the molecule is CC[C@@H](O)[C@@]1(C)OC(=O)N(CCCCN=[N+]=[N-])[C@@H]1[C@@H](C)CC(C)C[C@@](C)(OC)[C@H](O[C@@H]1OC(C)CC(N(C)C)C1C)C(C)C1=C(C)C(=O)OC(C)(C)O1.CC[C@@H](O)[C@@]1(C)OC(=O)N(CCCCN=[N+]=[N-])[C@@H]1[C@@H](C)N.CO[C@](C)(CC(C)=O)[C@H](O[C@@H]1OC(C)CC(N(C)C)C1C)C(C)C1=C(C)C(=O)OC(C)(C)O1. The van der Waals surface area contributed by atoms with Crippen LogP contribution >= 0.6 is 0 Å². The number of ketones is 1. The summed E-state index contributed by atoms with van der Waals surface area (Å²) in [4.78, 5) is 76.5. The van der Waals surface area contributed by atoms with Gasteiger partial charge < -0.3 is 87.5 Å². The molecule has 0 aromatic carbocycles. The van der Waals surface area contributed by atoms with Crippen LogP contribution in [0.15, 0.2) is 32.9 Å². The zero-order valence-electron chi connectivity index (χ0n) is 70.0. The zero-order chi connectivity index (χ0) is 81.4. The monoisotopic (exact) mass is 1520 g/mol. The summed E-state index contributed by atoms with van der Waals surface area (Å²) in [5.41, 5.74) is 19.7. The first-order valence-electron chi connectivity index (χ1n) is 38.6. The minimum absolute atomic E-state index is 0.0111. The lowest BCUT2D eigenvalue weighted by atomic mass is 9.75. The van der Waals surface area contributed by atoms with E-state index < -0.39 is 107 Å². The second-order valence-electron chi connectivity index (χ2n) is 33.2. The number of hydrogen-bond acceptors (Lipinski definition) is 24. The number of nitrogens with zero attached hydrogens (tertiary/aromatic N) is 10. The second kappa shape index (κ2) is 40.0. The molecular formula is C77H137N11O19. The summed E-state index contributed by atoms with van der Waals surface area (Å²) in [7, 11) is 11.5. The largest absolute Gasteiger partial charge is 0.456 e. The van der Waals surface area contributed by atoms with Crippen molar-refractivity contribution >= 4 is 29.9 Å². The van der Waals surface area contributed by atoms with Crippen molar-refractivity contribution in [3.63, 3.8) is 0 Å². The molecule has 4 fully saturated rings. The van der Waals surface area contributed by atoms with Gasteiger partial charge in [0.2, 0.25) is 11.6 Å². The van der Waals surface area contributed by atoms with Gasteiger partial charge in [0.15, 0.2) is 23.8 Å². The molecule has 9 unspecified atom stereocenters. The third-order valence-corrected chi connectivity index (χ3v) is 22.6. The molecule has 4 N–H and O–H groups in total. The number of aliphatic hydroxyl groups is 2. The normalized spacial score (nSPS) is 30.8. The molecule has 107 heavy (non-hydrogen) atoms. The third kappa shape index (κ3) is 23.7. The number of unbranched alkanes of at least 4 members (excludes halogenated alkanes) is 2. The molecular weight excluding hydrogens is 1380 g/mol. The molecule has 614 valence electrons. The van der Waals surface area contributed by atoms with Crippen LogP contribution in [0.2, 0.25) is 0 Å². The number of ether oxygens (including phenoxy) is 12. The van der Waals surface area contributed by atoms with Gasteiger partial charge in [-0.05, 0) is 185 Å². The Morgan fingerprint density at radius 2 is 1.01 bits per heavy atom. The Labute approximate surface area is 637 Å². The molecule has 6 aliphatic rings. The van der Waals surface area contributed by atoms with Gasteiger partial charge in [-0.15, -0.1) is 0 Å². The first kappa shape index (κ1) is 93.8. The van der Waals surface area contributed by atoms with Gasteiger partial charge in [-0.3, -0.25) is 9.69 Å². The predicted molar refractivity (Wildman–Crippen MR) is 404 cm³/mol. The highest BCUT2D eigenvalue weighted by molar-refractivity contribution is 5.90. The summed E-state index contributed by atoms with van der Waals surface area (Å²) in [6, 6.07) is -0.569. The smallest absolute Gasteiger partial charge is 0.410 e. The average molecular weight is 1520 g/mol. The highest BCUT2D eigenvalue weighted by Gasteiger charge is 2.59. The molecule has 6 rings (SSSR count). The van der Waals surface area contributed by atoms with Gasteiger partial charge in [-0.1, -0.05) is 65.6 Å². The van der Waals surface area contributed by atoms with Crippen LogP contribution in [0.3, 0.4) is 0 Å². The van der Waals surface area contributed by atoms with Gasteiger partial charge in [-0.2, -0.15) is 0 Å². The standard InChI is InChI=1S/C39H69N5O9.C25H43NO7.C13H25N5O3/c1-15-30(45)39(11)32(44(36(47)53-39)19-17-16-18-41-42-40)24(3)20-23(2)22-38(10,48-14)33(27(6)31-28(7)34(46)52-37(8,9)51-31)50-35-26(5)29(43(12)13)21-25(4)49-35;1-14(27)13-25(8,29-11)21(17(4)20-18(5)22(28)33-24(6,7)32-20)31-23-16(3)19(26(9)10)12-15(2)30-23;1-4-10(19)13(3)11(9(2)14)18(12(20)21-13)8-6-5-7-16-17-15/h23-27,29-30,32-33,35,45H,15-22H2,1-14H3;15-17,19,21,23H,12-13H2,1-11H3;9-11,19H,4-8,14H2,1-3H3/t23?,24-,25?,26?,27?,29?,30+,32+,33+,35-,38+,39+;15?,16?,17?,19?,21-,23+,25-;9-,10-,11-,13-/m011/s1. The molecule has 30 nitrogen and oxygen atoms in total. The predicted octanol–water partition coefficient (Wildman–Crippen LogP) is 12.6. The average Bonchev–Trinajstić information content (AvgIpc) is 1.67. The van der Waals surface area contributed by atoms with Crippen molar-refractivity contribution in [3.8, 4) is 0 Å². The highest BCUT2D eigenvalue weighted by Crippen LogP contribution is 2.47. The quantitative estimate of drug-likeness (QED) is 0.0131. The molecule has 0 aromatic rings. The van der Waals surface area contributed by atoms with Crippen molar-refractivity contribution in [1.82, 2.24) is 19.6 Å². The van der Waals surface area contributed by atoms with E-state index in [4.69, 9.17) is 73.6 Å². The summed E-state index contributed by atoms with van der Waals surface area (Å²) < 4.78 is 73.7. The molecule has 0 aromatic heterocycles. The van der Waals surface area contributed by atoms with Crippen LogP contribution in [0.4, 0.5) is 9.59 Å². The number of cyclic esters (lactones) is 4. The number of carbonyl (C=O) groups excluding carboxylic acids is 5. The van der Waals surface area contributed by atoms with Crippen molar-refractivity contribution in [3.05, 3.63) is 43.6 Å². The Morgan fingerprint density at radius 1 is 0.636 bits per heavy atom. The van der Waals surface area contributed by atoms with E-state index >= 15 is 0 Å². The number of methoxy groups -OCH3 is 2. The van der Waals surface area contributed by atoms with E-state index in [0.717, 1.165) is 12.8 Å². The van der Waals surface area contributed by atoms with Crippen molar-refractivity contribution in [2.45, 2.75) is 336 Å². The lowest BCUT2D eigenvalue weighted by Crippen LogP contribution is -2.58. The topological polar surface area (TPSA) is 373 Å². The summed E-state index contributed by atoms with van der Waals surface area (Å²) in [5.74, 6) is -2.88. The summed E-state index contributed by atoms with van der Waals surface area (Å²) in [6.45, 7) is 43.0. The molecule has 2 amide bonds. The van der Waals surface area contributed by atoms with E-state index in [1.807, 2.05) is 55.4 Å². The Balaban J connectivity index is 0.000000379. The number of aliphatic hydroxyl groups excluding tert-OH is 2. The van der Waals surface area contributed by atoms with Crippen LogP contribution in [0.5, 0.6) is 0 Å². The van der Waals surface area contributed by atoms with E-state index in [0.29, 0.717) is 100 Å². The fourth-order valence-corrected chi connectivity index (χ4v) is 17.1. The fourth-order valence-electron chi connectivity index (χ4n) is 17.1. The van der Waals surface area contributed by atoms with Crippen molar-refractivity contribution in [2.24, 2.45) is 51.5 Å². The number of hydrogen-bond donors (Lipinski definition) is 3. The fraction of sp³-hybridized carbons (Fsp3) is 0.883. The molecule has 0 aliphatic carbocycles.